The van der Waals surface area contributed by atoms with Crippen molar-refractivity contribution in [2.45, 2.75) is 0 Å². The highest BCUT2D eigenvalue weighted by molar-refractivity contribution is 9.10. The average Bonchev–Trinajstić information content (AvgIpc) is 4.11. The first-order valence-electron chi connectivity index (χ1n) is 20.0. The molecule has 13 aromatic rings. The number of fused-ring (bicyclic) bond motifs is 9. The molecular formula is C52H29BrN6O2. The highest BCUT2D eigenvalue weighted by Crippen LogP contribution is 2.44. The molecule has 0 fully saturated rings. The average molecular weight is 850 g/mol. The first-order valence-corrected chi connectivity index (χ1v) is 20.8. The molecule has 0 aliphatic carbocycles. The first-order chi connectivity index (χ1) is 30.1. The van der Waals surface area contributed by atoms with Gasteiger partial charge in [-0.15, -0.1) is 0 Å². The molecule has 0 radical (unpaired) electrons. The highest BCUT2D eigenvalue weighted by atomic mass is 79.9. The van der Waals surface area contributed by atoms with Gasteiger partial charge in [-0.05, 0) is 84.9 Å². The summed E-state index contributed by atoms with van der Waals surface area (Å²) in [6.45, 7) is 0. The van der Waals surface area contributed by atoms with Gasteiger partial charge in [-0.3, -0.25) is 9.13 Å². The van der Waals surface area contributed by atoms with Crippen molar-refractivity contribution in [3.63, 3.8) is 0 Å². The van der Waals surface area contributed by atoms with E-state index in [1.165, 1.54) is 0 Å². The van der Waals surface area contributed by atoms with Crippen molar-refractivity contribution in [2.75, 3.05) is 0 Å². The van der Waals surface area contributed by atoms with Gasteiger partial charge in [0, 0.05) is 65.0 Å². The van der Waals surface area contributed by atoms with Crippen LogP contribution in [0.25, 0.3) is 122 Å². The maximum Gasteiger partial charge on any atom is 0.161 e. The second kappa shape index (κ2) is 13.1. The Morgan fingerprint density at radius 3 is 2.02 bits per heavy atom. The van der Waals surface area contributed by atoms with E-state index in [-0.39, 0.29) is 0 Å². The summed E-state index contributed by atoms with van der Waals surface area (Å²) in [5.41, 5.74) is 14.4. The van der Waals surface area contributed by atoms with Crippen LogP contribution < -0.4 is 0 Å². The number of hydrogen-bond acceptors (Lipinski definition) is 6. The summed E-state index contributed by atoms with van der Waals surface area (Å²) in [6.07, 6.45) is 3.77. The lowest BCUT2D eigenvalue weighted by Crippen LogP contribution is -1.96. The van der Waals surface area contributed by atoms with E-state index in [9.17, 15) is 0 Å². The summed E-state index contributed by atoms with van der Waals surface area (Å²) in [7, 11) is 0. The van der Waals surface area contributed by atoms with Crippen molar-refractivity contribution in [2.24, 2.45) is 0 Å². The van der Waals surface area contributed by atoms with Crippen LogP contribution in [0.5, 0.6) is 0 Å². The maximum atomic E-state index is 6.96. The van der Waals surface area contributed by atoms with Crippen molar-refractivity contribution in [3.05, 3.63) is 181 Å². The molecule has 0 atom stereocenters. The molecule has 8 aromatic carbocycles. The topological polar surface area (TPSA) is 87.7 Å². The second-order valence-corrected chi connectivity index (χ2v) is 16.1. The zero-order chi connectivity index (χ0) is 40.2. The van der Waals surface area contributed by atoms with Gasteiger partial charge in [0.15, 0.2) is 5.82 Å². The first kappa shape index (κ1) is 34.0. The molecule has 13 rings (SSSR count). The molecule has 0 saturated carbocycles. The van der Waals surface area contributed by atoms with Gasteiger partial charge in [0.25, 0.3) is 0 Å². The van der Waals surface area contributed by atoms with Crippen LogP contribution in [0.2, 0.25) is 0 Å². The number of imidazole rings is 2. The minimum absolute atomic E-state index is 0.617. The van der Waals surface area contributed by atoms with Crippen LogP contribution in [-0.4, -0.2) is 29.1 Å². The van der Waals surface area contributed by atoms with E-state index in [0.29, 0.717) is 5.82 Å². The van der Waals surface area contributed by atoms with Crippen molar-refractivity contribution >= 4 is 92.8 Å². The van der Waals surface area contributed by atoms with E-state index in [1.54, 1.807) is 0 Å². The zero-order valence-corrected chi connectivity index (χ0v) is 33.7. The Bertz CT molecular complexity index is 3920. The van der Waals surface area contributed by atoms with Crippen LogP contribution in [0.4, 0.5) is 0 Å². The smallest absolute Gasteiger partial charge is 0.161 e. The molecule has 61 heavy (non-hydrogen) atoms. The van der Waals surface area contributed by atoms with E-state index in [1.807, 2.05) is 91.5 Å². The van der Waals surface area contributed by atoms with Gasteiger partial charge in [-0.25, -0.2) is 19.9 Å². The molecule has 0 aliphatic heterocycles. The largest absolute Gasteiger partial charge is 0.456 e. The molecular weight excluding hydrogens is 821 g/mol. The number of nitrogens with zero attached hydrogens (tertiary/aromatic N) is 6. The lowest BCUT2D eigenvalue weighted by molar-refractivity contribution is 0.668. The van der Waals surface area contributed by atoms with Gasteiger partial charge in [0.2, 0.25) is 0 Å². The monoisotopic (exact) mass is 848 g/mol. The summed E-state index contributed by atoms with van der Waals surface area (Å²) in [6, 6.07) is 55.9. The SMILES string of the molecule is Brc1cccc2oc3ccc(-n4cnc5c(-c6ccc(-c7nc(-c8ccccc8)c8ccccc8n7)c7c6oc6ccc(-n8cnc9ccccc98)cc67)cccc54)cc3c12. The van der Waals surface area contributed by atoms with Gasteiger partial charge < -0.3 is 8.83 Å². The fourth-order valence-electron chi connectivity index (χ4n) is 8.98. The molecule has 0 amide bonds. The molecule has 0 spiro atoms. The standard InChI is InChI=1S/C52H29BrN6O2/c53-39-14-9-19-46-48(39)38-27-32(20-24-44(38)60-46)59-29-55-50-33(13-8-18-43(50)59)34-22-23-36(52-56-40-15-5-4-12-35(40)49(57-52)30-10-2-1-3-11-30)47-37-26-31(21-25-45(37)61-51(34)47)58-28-54-41-16-6-7-17-42(41)58/h1-29H. The molecule has 286 valence electrons. The van der Waals surface area contributed by atoms with Crippen LogP contribution in [-0.2, 0) is 0 Å². The predicted molar refractivity (Wildman–Crippen MR) is 247 cm³/mol. The van der Waals surface area contributed by atoms with Crippen molar-refractivity contribution in [1.82, 2.24) is 29.1 Å². The molecule has 0 N–H and O–H groups in total. The Morgan fingerprint density at radius 1 is 0.459 bits per heavy atom. The van der Waals surface area contributed by atoms with E-state index in [0.717, 1.165) is 121 Å². The number of halogens is 1. The Labute approximate surface area is 355 Å². The Balaban J connectivity index is 1.05. The molecule has 5 heterocycles. The molecule has 0 saturated heterocycles. The summed E-state index contributed by atoms with van der Waals surface area (Å²) in [5, 5.41) is 4.95. The number of aromatic nitrogens is 6. The van der Waals surface area contributed by atoms with Crippen molar-refractivity contribution < 1.29 is 8.83 Å². The Hall–Kier alpha value is -7.88. The van der Waals surface area contributed by atoms with E-state index >= 15 is 0 Å². The van der Waals surface area contributed by atoms with Crippen LogP contribution in [0.15, 0.2) is 190 Å². The number of para-hydroxylation sites is 4. The third kappa shape index (κ3) is 5.17. The minimum atomic E-state index is 0.617. The van der Waals surface area contributed by atoms with Crippen LogP contribution in [0.1, 0.15) is 0 Å². The van der Waals surface area contributed by atoms with Crippen LogP contribution >= 0.6 is 15.9 Å². The van der Waals surface area contributed by atoms with Crippen LogP contribution in [0, 0.1) is 0 Å². The highest BCUT2D eigenvalue weighted by Gasteiger charge is 2.23. The van der Waals surface area contributed by atoms with Gasteiger partial charge in [0.1, 0.15) is 35.0 Å². The molecule has 8 nitrogen and oxygen atoms in total. The third-order valence-electron chi connectivity index (χ3n) is 11.8. The zero-order valence-electron chi connectivity index (χ0n) is 32.1. The fraction of sp³-hybridized carbons (Fsp3) is 0. The lowest BCUT2D eigenvalue weighted by atomic mass is 9.96. The normalized spacial score (nSPS) is 12.0. The Kier molecular flexibility index (Phi) is 7.29. The summed E-state index contributed by atoms with van der Waals surface area (Å²) >= 11 is 3.75. The summed E-state index contributed by atoms with van der Waals surface area (Å²) < 4.78 is 18.4. The van der Waals surface area contributed by atoms with E-state index in [2.05, 4.69) is 110 Å². The van der Waals surface area contributed by atoms with Crippen molar-refractivity contribution in [1.29, 1.82) is 0 Å². The van der Waals surface area contributed by atoms with Crippen LogP contribution in [0.3, 0.4) is 0 Å². The number of rotatable bonds is 5. The lowest BCUT2D eigenvalue weighted by Gasteiger charge is -2.12. The van der Waals surface area contributed by atoms with E-state index < -0.39 is 0 Å². The van der Waals surface area contributed by atoms with Gasteiger partial charge in [-0.1, -0.05) is 94.8 Å². The molecule has 0 bridgehead atoms. The van der Waals surface area contributed by atoms with Gasteiger partial charge in [0.05, 0.1) is 33.3 Å². The molecule has 0 unspecified atom stereocenters. The third-order valence-corrected chi connectivity index (χ3v) is 12.5. The summed E-state index contributed by atoms with van der Waals surface area (Å²) in [5.74, 6) is 0.617. The fourth-order valence-corrected chi connectivity index (χ4v) is 9.54. The number of benzene rings is 8. The summed E-state index contributed by atoms with van der Waals surface area (Å²) in [4.78, 5) is 20.3. The predicted octanol–water partition coefficient (Wildman–Crippen LogP) is 13.9. The quantitative estimate of drug-likeness (QED) is 0.171. The Morgan fingerprint density at radius 2 is 1.15 bits per heavy atom. The molecule has 5 aromatic heterocycles. The minimum Gasteiger partial charge on any atom is -0.456 e. The van der Waals surface area contributed by atoms with Gasteiger partial charge >= 0.3 is 0 Å². The number of hydrogen-bond donors (Lipinski definition) is 0. The van der Waals surface area contributed by atoms with Gasteiger partial charge in [-0.2, -0.15) is 0 Å². The molecule has 9 heteroatoms. The van der Waals surface area contributed by atoms with E-state index in [4.69, 9.17) is 28.8 Å². The van der Waals surface area contributed by atoms with Crippen molar-refractivity contribution in [3.8, 4) is 45.1 Å². The molecule has 0 aliphatic rings. The number of furan rings is 2. The second-order valence-electron chi connectivity index (χ2n) is 15.2. The maximum absolute atomic E-state index is 6.96.